The van der Waals surface area contributed by atoms with Gasteiger partial charge in [0.25, 0.3) is 0 Å². The predicted octanol–water partition coefficient (Wildman–Crippen LogP) is 3.51. The molecule has 0 radical (unpaired) electrons. The van der Waals surface area contributed by atoms with E-state index in [0.29, 0.717) is 23.1 Å². The molecule has 0 bridgehead atoms. The Kier molecular flexibility index (Phi) is 7.34. The third kappa shape index (κ3) is 5.01. The summed E-state index contributed by atoms with van der Waals surface area (Å²) < 4.78 is 2.01. The summed E-state index contributed by atoms with van der Waals surface area (Å²) in [6, 6.07) is 7.64. The molecule has 4 heterocycles. The number of nitrogens with one attached hydrogen (secondary N) is 2. The number of amides is 1. The summed E-state index contributed by atoms with van der Waals surface area (Å²) in [4.78, 5) is 21.6. The van der Waals surface area contributed by atoms with Crippen molar-refractivity contribution in [3.8, 4) is 5.00 Å². The van der Waals surface area contributed by atoms with Crippen molar-refractivity contribution in [3.05, 3.63) is 68.6 Å². The fourth-order valence-corrected chi connectivity index (χ4v) is 5.91. The van der Waals surface area contributed by atoms with Crippen LogP contribution in [0, 0.1) is 20.8 Å². The van der Waals surface area contributed by atoms with Gasteiger partial charge in [0.1, 0.15) is 16.5 Å². The Morgan fingerprint density at radius 2 is 1.92 bits per heavy atom. The van der Waals surface area contributed by atoms with Gasteiger partial charge < -0.3 is 15.5 Å². The number of benzene rings is 1. The lowest BCUT2D eigenvalue weighted by Gasteiger charge is -2.26. The van der Waals surface area contributed by atoms with Gasteiger partial charge in [-0.3, -0.25) is 9.36 Å². The SMILES string of the molecule is Cc1sc2c(c1C)C(c1ccc(Cl)cc1)=N/C(=C\C(=O)NCCCN1CCNCC1)c1nnc(C)n1-2. The van der Waals surface area contributed by atoms with Crippen LogP contribution < -0.4 is 10.6 Å². The number of carbonyl (C=O) groups excluding carboxylic acids is 1. The molecule has 2 aromatic heterocycles. The number of aliphatic imine (C=N–C) groups is 1. The van der Waals surface area contributed by atoms with Crippen molar-refractivity contribution in [3.63, 3.8) is 0 Å². The summed E-state index contributed by atoms with van der Waals surface area (Å²) in [6.45, 7) is 11.9. The van der Waals surface area contributed by atoms with Crippen molar-refractivity contribution in [1.82, 2.24) is 30.3 Å². The average Bonchev–Trinajstić information content (AvgIpc) is 3.35. The van der Waals surface area contributed by atoms with E-state index < -0.39 is 0 Å². The van der Waals surface area contributed by atoms with Crippen molar-refractivity contribution < 1.29 is 4.79 Å². The fourth-order valence-electron chi connectivity index (χ4n) is 4.58. The molecule has 5 rings (SSSR count). The number of aryl methyl sites for hydroxylation is 2. The van der Waals surface area contributed by atoms with Crippen molar-refractivity contribution in [2.45, 2.75) is 27.2 Å². The van der Waals surface area contributed by atoms with Crippen LogP contribution in [0.4, 0.5) is 0 Å². The third-order valence-corrected chi connectivity index (χ3v) is 8.08. The Bertz CT molecular complexity index is 1330. The van der Waals surface area contributed by atoms with E-state index in [9.17, 15) is 4.79 Å². The molecular formula is C26H30ClN7OS. The minimum Gasteiger partial charge on any atom is -0.352 e. The second-order valence-electron chi connectivity index (χ2n) is 9.10. The lowest BCUT2D eigenvalue weighted by Crippen LogP contribution is -2.44. The molecule has 8 nitrogen and oxygen atoms in total. The second kappa shape index (κ2) is 10.6. The van der Waals surface area contributed by atoms with Crippen molar-refractivity contribution in [2.75, 3.05) is 39.3 Å². The van der Waals surface area contributed by atoms with Gasteiger partial charge in [-0.05, 0) is 51.4 Å². The first-order chi connectivity index (χ1) is 17.4. The number of nitrogens with zero attached hydrogens (tertiary/aromatic N) is 5. The Morgan fingerprint density at radius 3 is 2.67 bits per heavy atom. The van der Waals surface area contributed by atoms with Crippen LogP contribution >= 0.6 is 22.9 Å². The van der Waals surface area contributed by atoms with Gasteiger partial charge in [0.05, 0.1) is 5.71 Å². The number of thiophene rings is 1. The molecule has 0 spiro atoms. The summed E-state index contributed by atoms with van der Waals surface area (Å²) in [5, 5.41) is 16.8. The highest BCUT2D eigenvalue weighted by Gasteiger charge is 2.29. The maximum atomic E-state index is 13.0. The predicted molar refractivity (Wildman–Crippen MR) is 145 cm³/mol. The summed E-state index contributed by atoms with van der Waals surface area (Å²) in [6.07, 6.45) is 2.44. The van der Waals surface area contributed by atoms with Gasteiger partial charge in [-0.1, -0.05) is 23.7 Å². The van der Waals surface area contributed by atoms with Crippen LogP contribution in [0.1, 0.15) is 39.6 Å². The molecule has 2 aliphatic rings. The van der Waals surface area contributed by atoms with Crippen LogP contribution in [0.15, 0.2) is 35.3 Å². The lowest BCUT2D eigenvalue weighted by molar-refractivity contribution is -0.116. The summed E-state index contributed by atoms with van der Waals surface area (Å²) in [5.74, 6) is 1.13. The van der Waals surface area contributed by atoms with E-state index in [4.69, 9.17) is 16.6 Å². The fraction of sp³-hybridized carbons (Fsp3) is 0.385. The summed E-state index contributed by atoms with van der Waals surface area (Å²) >= 11 is 7.86. The first-order valence-electron chi connectivity index (χ1n) is 12.2. The van der Waals surface area contributed by atoms with Gasteiger partial charge in [0.15, 0.2) is 5.82 Å². The molecule has 188 valence electrons. The maximum absolute atomic E-state index is 13.0. The first kappa shape index (κ1) is 24.8. The number of fused-ring (bicyclic) bond motifs is 3. The van der Waals surface area contributed by atoms with E-state index in [1.54, 1.807) is 17.4 Å². The highest BCUT2D eigenvalue weighted by atomic mass is 35.5. The van der Waals surface area contributed by atoms with E-state index in [2.05, 4.69) is 39.6 Å². The second-order valence-corrected chi connectivity index (χ2v) is 10.7. The van der Waals surface area contributed by atoms with Crippen LogP contribution in [0.3, 0.4) is 0 Å². The molecule has 2 N–H and O–H groups in total. The number of piperazine rings is 1. The number of halogens is 1. The standard InChI is InChI=1S/C26H30ClN7OS/c1-16-17(2)36-26-23(16)24(19-5-7-20(27)8-6-19)30-21(25-32-31-18(3)34(25)26)15-22(35)29-9-4-12-33-13-10-28-11-14-33/h5-8,15,28H,4,9-14H2,1-3H3,(H,29,35)/b21-15-. The van der Waals surface area contributed by atoms with E-state index in [1.165, 1.54) is 4.88 Å². The van der Waals surface area contributed by atoms with Crippen molar-refractivity contribution in [1.29, 1.82) is 0 Å². The number of hydrogen-bond donors (Lipinski definition) is 2. The number of hydrogen-bond acceptors (Lipinski definition) is 7. The van der Waals surface area contributed by atoms with Crippen molar-refractivity contribution >= 4 is 40.3 Å². The zero-order valence-electron chi connectivity index (χ0n) is 20.8. The van der Waals surface area contributed by atoms with Gasteiger partial charge in [0.2, 0.25) is 5.91 Å². The topological polar surface area (TPSA) is 87.4 Å². The molecule has 0 unspecified atom stereocenters. The molecule has 10 heteroatoms. The number of aromatic nitrogens is 3. The summed E-state index contributed by atoms with van der Waals surface area (Å²) in [7, 11) is 0. The Hall–Kier alpha value is -2.85. The van der Waals surface area contributed by atoms with Crippen molar-refractivity contribution in [2.24, 2.45) is 4.99 Å². The normalized spacial score (nSPS) is 16.9. The van der Waals surface area contributed by atoms with Gasteiger partial charge in [-0.15, -0.1) is 21.5 Å². The molecule has 2 aliphatic heterocycles. The smallest absolute Gasteiger partial charge is 0.246 e. The molecule has 0 saturated carbocycles. The molecule has 0 aliphatic carbocycles. The Balaban J connectivity index is 1.47. The van der Waals surface area contributed by atoms with Gasteiger partial charge in [-0.2, -0.15) is 0 Å². The maximum Gasteiger partial charge on any atom is 0.246 e. The Labute approximate surface area is 220 Å². The monoisotopic (exact) mass is 523 g/mol. The molecular weight excluding hydrogens is 494 g/mol. The summed E-state index contributed by atoms with van der Waals surface area (Å²) in [5.41, 5.74) is 4.40. The number of rotatable bonds is 6. The van der Waals surface area contributed by atoms with E-state index >= 15 is 0 Å². The molecule has 0 atom stereocenters. The van der Waals surface area contributed by atoms with Gasteiger partial charge in [-0.25, -0.2) is 4.99 Å². The average molecular weight is 524 g/mol. The molecule has 1 amide bonds. The minimum absolute atomic E-state index is 0.185. The van der Waals surface area contributed by atoms with Crippen LogP contribution in [0.25, 0.3) is 10.7 Å². The minimum atomic E-state index is -0.185. The van der Waals surface area contributed by atoms with E-state index in [0.717, 1.165) is 72.4 Å². The Morgan fingerprint density at radius 1 is 1.17 bits per heavy atom. The molecule has 1 aromatic carbocycles. The quantitative estimate of drug-likeness (QED) is 0.381. The highest BCUT2D eigenvalue weighted by molar-refractivity contribution is 7.15. The zero-order valence-corrected chi connectivity index (χ0v) is 22.3. The number of carbonyl (C=O) groups is 1. The molecule has 36 heavy (non-hydrogen) atoms. The lowest BCUT2D eigenvalue weighted by atomic mass is 10.00. The first-order valence-corrected chi connectivity index (χ1v) is 13.4. The molecule has 3 aromatic rings. The molecule has 1 saturated heterocycles. The zero-order chi connectivity index (χ0) is 25.2. The van der Waals surface area contributed by atoms with Gasteiger partial charge in [0, 0.05) is 59.8 Å². The van der Waals surface area contributed by atoms with Crippen LogP contribution in [0.2, 0.25) is 5.02 Å². The van der Waals surface area contributed by atoms with Gasteiger partial charge >= 0.3 is 0 Å². The van der Waals surface area contributed by atoms with Crippen LogP contribution in [-0.2, 0) is 4.79 Å². The van der Waals surface area contributed by atoms with E-state index in [1.807, 2.05) is 35.8 Å². The van der Waals surface area contributed by atoms with E-state index in [-0.39, 0.29) is 5.91 Å². The molecule has 1 fully saturated rings. The van der Waals surface area contributed by atoms with Crippen LogP contribution in [-0.4, -0.2) is 70.6 Å². The highest BCUT2D eigenvalue weighted by Crippen LogP contribution is 2.38. The van der Waals surface area contributed by atoms with Crippen LogP contribution in [0.5, 0.6) is 0 Å². The largest absolute Gasteiger partial charge is 0.352 e. The third-order valence-electron chi connectivity index (χ3n) is 6.64.